The maximum Gasteiger partial charge on any atom is 0.163 e. The lowest BCUT2D eigenvalue weighted by molar-refractivity contribution is -0.0116. The van der Waals surface area contributed by atoms with Crippen molar-refractivity contribution in [2.45, 2.75) is 19.1 Å². The number of benzene rings is 2. The summed E-state index contributed by atoms with van der Waals surface area (Å²) in [7, 11) is 0. The molecule has 2 atom stereocenters. The first-order chi connectivity index (χ1) is 9.65. The number of aliphatic hydroxyl groups excluding tert-OH is 1. The van der Waals surface area contributed by atoms with Crippen molar-refractivity contribution >= 4 is 0 Å². The Morgan fingerprint density at radius 2 is 1.95 bits per heavy atom. The molecule has 1 N–H and O–H groups in total. The van der Waals surface area contributed by atoms with Gasteiger partial charge in [0.1, 0.15) is 18.5 Å². The van der Waals surface area contributed by atoms with Crippen LogP contribution in [-0.2, 0) is 0 Å². The minimum atomic E-state index is -0.857. The van der Waals surface area contributed by atoms with E-state index in [1.165, 1.54) is 12.1 Å². The Morgan fingerprint density at radius 1 is 1.20 bits per heavy atom. The monoisotopic (exact) mass is 274 g/mol. The van der Waals surface area contributed by atoms with Gasteiger partial charge in [0.2, 0.25) is 0 Å². The molecule has 0 aliphatic carbocycles. The van der Waals surface area contributed by atoms with Crippen molar-refractivity contribution in [1.29, 1.82) is 0 Å². The van der Waals surface area contributed by atoms with Crippen molar-refractivity contribution in [2.75, 3.05) is 6.61 Å². The number of rotatable bonds is 2. The van der Waals surface area contributed by atoms with Crippen molar-refractivity contribution < 1.29 is 19.0 Å². The summed E-state index contributed by atoms with van der Waals surface area (Å²) < 4.78 is 24.5. The Kier molecular flexibility index (Phi) is 3.32. The third-order valence-corrected chi connectivity index (χ3v) is 3.43. The third-order valence-electron chi connectivity index (χ3n) is 3.43. The quantitative estimate of drug-likeness (QED) is 0.915. The summed E-state index contributed by atoms with van der Waals surface area (Å²) in [4.78, 5) is 0. The highest BCUT2D eigenvalue weighted by molar-refractivity contribution is 5.41. The molecule has 0 radical (unpaired) electrons. The van der Waals surface area contributed by atoms with Gasteiger partial charge in [-0.05, 0) is 42.3 Å². The molecule has 0 amide bonds. The average Bonchev–Trinajstić information content (AvgIpc) is 2.46. The van der Waals surface area contributed by atoms with Gasteiger partial charge in [0.25, 0.3) is 0 Å². The molecule has 0 fully saturated rings. The molecule has 1 aliphatic heterocycles. The van der Waals surface area contributed by atoms with Crippen LogP contribution in [0.15, 0.2) is 42.5 Å². The smallest absolute Gasteiger partial charge is 0.163 e. The molecule has 0 saturated carbocycles. The summed E-state index contributed by atoms with van der Waals surface area (Å²) in [5, 5.41) is 10.4. The van der Waals surface area contributed by atoms with E-state index in [0.29, 0.717) is 22.6 Å². The molecule has 3 rings (SSSR count). The molecule has 3 nitrogen and oxygen atoms in total. The minimum Gasteiger partial charge on any atom is -0.486 e. The number of fused-ring (bicyclic) bond motifs is 1. The van der Waals surface area contributed by atoms with E-state index in [2.05, 4.69) is 0 Å². The van der Waals surface area contributed by atoms with Crippen LogP contribution in [0.4, 0.5) is 4.39 Å². The van der Waals surface area contributed by atoms with E-state index in [0.717, 1.165) is 0 Å². The van der Waals surface area contributed by atoms with Gasteiger partial charge >= 0.3 is 0 Å². The lowest BCUT2D eigenvalue weighted by Gasteiger charge is -2.30. The van der Waals surface area contributed by atoms with Gasteiger partial charge in [-0.3, -0.25) is 0 Å². The highest BCUT2D eigenvalue weighted by Crippen LogP contribution is 2.34. The maximum absolute atomic E-state index is 13.1. The molecule has 4 heteroatoms. The Balaban J connectivity index is 1.84. The highest BCUT2D eigenvalue weighted by Gasteiger charge is 2.29. The van der Waals surface area contributed by atoms with Gasteiger partial charge < -0.3 is 14.6 Å². The molecule has 2 aromatic rings. The molecule has 20 heavy (non-hydrogen) atoms. The SMILES string of the molecule is Cc1cc(F)ccc1C(O)C1COc2ccccc2O1. The zero-order chi connectivity index (χ0) is 14.1. The van der Waals surface area contributed by atoms with E-state index in [9.17, 15) is 9.50 Å². The fraction of sp³-hybridized carbons (Fsp3) is 0.250. The predicted molar refractivity (Wildman–Crippen MR) is 72.4 cm³/mol. The van der Waals surface area contributed by atoms with Crippen LogP contribution >= 0.6 is 0 Å². The number of aryl methyl sites for hydroxylation is 1. The lowest BCUT2D eigenvalue weighted by Crippen LogP contribution is -2.35. The Hall–Kier alpha value is -2.07. The Labute approximate surface area is 116 Å². The number of para-hydroxylation sites is 2. The van der Waals surface area contributed by atoms with Gasteiger partial charge in [-0.25, -0.2) is 4.39 Å². The first-order valence-corrected chi connectivity index (χ1v) is 6.48. The number of aliphatic hydroxyl groups is 1. The molecule has 2 unspecified atom stereocenters. The normalized spacial score (nSPS) is 18.6. The van der Waals surface area contributed by atoms with Crippen molar-refractivity contribution in [2.24, 2.45) is 0 Å². The minimum absolute atomic E-state index is 0.259. The molecule has 2 aromatic carbocycles. The zero-order valence-corrected chi connectivity index (χ0v) is 11.0. The van der Waals surface area contributed by atoms with E-state index in [1.54, 1.807) is 19.1 Å². The molecule has 0 saturated heterocycles. The van der Waals surface area contributed by atoms with Crippen molar-refractivity contribution in [3.63, 3.8) is 0 Å². The fourth-order valence-corrected chi connectivity index (χ4v) is 2.36. The molecular weight excluding hydrogens is 259 g/mol. The van der Waals surface area contributed by atoms with Crippen LogP contribution in [-0.4, -0.2) is 17.8 Å². The van der Waals surface area contributed by atoms with Crippen LogP contribution < -0.4 is 9.47 Å². The van der Waals surface area contributed by atoms with Crippen LogP contribution in [0.5, 0.6) is 11.5 Å². The second kappa shape index (κ2) is 5.13. The van der Waals surface area contributed by atoms with E-state index >= 15 is 0 Å². The average molecular weight is 274 g/mol. The molecule has 1 heterocycles. The standard InChI is InChI=1S/C16H15FO3/c1-10-8-11(17)6-7-12(10)16(18)15-9-19-13-4-2-3-5-14(13)20-15/h2-8,15-16,18H,9H2,1H3. The molecule has 0 bridgehead atoms. The summed E-state index contributed by atoms with van der Waals surface area (Å²) in [5.74, 6) is 0.971. The molecule has 104 valence electrons. The molecule has 1 aliphatic rings. The fourth-order valence-electron chi connectivity index (χ4n) is 2.36. The van der Waals surface area contributed by atoms with Gasteiger partial charge in [-0.1, -0.05) is 18.2 Å². The summed E-state index contributed by atoms with van der Waals surface area (Å²) >= 11 is 0. The topological polar surface area (TPSA) is 38.7 Å². The number of hydrogen-bond acceptors (Lipinski definition) is 3. The first kappa shape index (κ1) is 12.9. The van der Waals surface area contributed by atoms with Crippen LogP contribution in [0.1, 0.15) is 17.2 Å². The summed E-state index contributed by atoms with van der Waals surface area (Å²) in [6.45, 7) is 2.02. The number of halogens is 1. The lowest BCUT2D eigenvalue weighted by atomic mass is 9.99. The zero-order valence-electron chi connectivity index (χ0n) is 11.0. The Bertz CT molecular complexity index is 627. The van der Waals surface area contributed by atoms with Crippen molar-refractivity contribution in [3.8, 4) is 11.5 Å². The summed E-state index contributed by atoms with van der Waals surface area (Å²) in [5.41, 5.74) is 1.35. The molecular formula is C16H15FO3. The largest absolute Gasteiger partial charge is 0.486 e. The van der Waals surface area contributed by atoms with E-state index in [-0.39, 0.29) is 12.4 Å². The van der Waals surface area contributed by atoms with E-state index < -0.39 is 12.2 Å². The number of hydrogen-bond donors (Lipinski definition) is 1. The van der Waals surface area contributed by atoms with Gasteiger partial charge in [-0.2, -0.15) is 0 Å². The summed E-state index contributed by atoms with van der Waals surface area (Å²) in [6, 6.07) is 11.6. The highest BCUT2D eigenvalue weighted by atomic mass is 19.1. The first-order valence-electron chi connectivity index (χ1n) is 6.48. The van der Waals surface area contributed by atoms with Gasteiger partial charge in [0, 0.05) is 0 Å². The number of ether oxygens (including phenoxy) is 2. The predicted octanol–water partition coefficient (Wildman–Crippen LogP) is 3.01. The van der Waals surface area contributed by atoms with Gasteiger partial charge in [0.15, 0.2) is 17.6 Å². The maximum atomic E-state index is 13.1. The van der Waals surface area contributed by atoms with Crippen molar-refractivity contribution in [3.05, 3.63) is 59.4 Å². The van der Waals surface area contributed by atoms with Gasteiger partial charge in [-0.15, -0.1) is 0 Å². The molecule has 0 spiro atoms. The van der Waals surface area contributed by atoms with Crippen molar-refractivity contribution in [1.82, 2.24) is 0 Å². The van der Waals surface area contributed by atoms with E-state index in [4.69, 9.17) is 9.47 Å². The molecule has 0 aromatic heterocycles. The second-order valence-electron chi connectivity index (χ2n) is 4.86. The third kappa shape index (κ3) is 2.34. The van der Waals surface area contributed by atoms with Crippen LogP contribution in [0.2, 0.25) is 0 Å². The Morgan fingerprint density at radius 3 is 2.70 bits per heavy atom. The van der Waals surface area contributed by atoms with Gasteiger partial charge in [0.05, 0.1) is 0 Å². The van der Waals surface area contributed by atoms with Crippen LogP contribution in [0.25, 0.3) is 0 Å². The van der Waals surface area contributed by atoms with Crippen LogP contribution in [0, 0.1) is 12.7 Å². The second-order valence-corrected chi connectivity index (χ2v) is 4.86. The van der Waals surface area contributed by atoms with Crippen LogP contribution in [0.3, 0.4) is 0 Å². The summed E-state index contributed by atoms with van der Waals surface area (Å²) in [6.07, 6.45) is -1.36. The van der Waals surface area contributed by atoms with E-state index in [1.807, 2.05) is 18.2 Å².